The molecule has 168 valence electrons. The summed E-state index contributed by atoms with van der Waals surface area (Å²) >= 11 is 1.61. The first kappa shape index (κ1) is 20.1. The van der Waals surface area contributed by atoms with Crippen LogP contribution in [-0.4, -0.2) is 73.2 Å². The van der Waals surface area contributed by atoms with E-state index >= 15 is 0 Å². The number of anilines is 2. The molecule has 1 saturated heterocycles. The maximum Gasteiger partial charge on any atom is 0.320 e. The number of nitrogens with zero attached hydrogens (tertiary/aromatic N) is 5. The molecule has 0 radical (unpaired) electrons. The fourth-order valence-electron chi connectivity index (χ4n) is 4.49. The zero-order chi connectivity index (χ0) is 22.4. The maximum atomic E-state index is 12.7. The van der Waals surface area contributed by atoms with E-state index in [0.717, 1.165) is 50.4 Å². The van der Waals surface area contributed by atoms with E-state index in [4.69, 9.17) is 0 Å². The summed E-state index contributed by atoms with van der Waals surface area (Å²) in [4.78, 5) is 32.9. The molecule has 2 aliphatic heterocycles. The zero-order valence-electron chi connectivity index (χ0n) is 17.9. The highest BCUT2D eigenvalue weighted by atomic mass is 32.1. The van der Waals surface area contributed by atoms with Crippen molar-refractivity contribution in [3.8, 4) is 0 Å². The number of likely N-dealkylation sites (tertiary alicyclic amines) is 1. The lowest BCUT2D eigenvalue weighted by molar-refractivity contribution is 0.149. The van der Waals surface area contributed by atoms with Gasteiger partial charge >= 0.3 is 6.03 Å². The fourth-order valence-corrected chi connectivity index (χ4v) is 5.20. The number of amides is 2. The van der Waals surface area contributed by atoms with Gasteiger partial charge in [0.2, 0.25) is 0 Å². The van der Waals surface area contributed by atoms with Crippen LogP contribution in [0.5, 0.6) is 0 Å². The highest BCUT2D eigenvalue weighted by Crippen LogP contribution is 2.30. The topological polar surface area (TPSA) is 110 Å². The Labute approximate surface area is 193 Å². The van der Waals surface area contributed by atoms with Crippen LogP contribution < -0.4 is 5.32 Å². The van der Waals surface area contributed by atoms with Gasteiger partial charge < -0.3 is 25.2 Å². The van der Waals surface area contributed by atoms with Gasteiger partial charge in [-0.05, 0) is 42.7 Å². The van der Waals surface area contributed by atoms with Crippen molar-refractivity contribution in [3.63, 3.8) is 0 Å². The molecule has 3 aromatic heterocycles. The van der Waals surface area contributed by atoms with E-state index < -0.39 is 6.10 Å². The number of fused-ring (bicyclic) bond motifs is 2. The number of hydrogen-bond acceptors (Lipinski definition) is 7. The molecule has 0 spiro atoms. The van der Waals surface area contributed by atoms with Gasteiger partial charge in [-0.2, -0.15) is 0 Å². The largest absolute Gasteiger partial charge is 0.391 e. The van der Waals surface area contributed by atoms with Crippen LogP contribution in [-0.2, 0) is 0 Å². The summed E-state index contributed by atoms with van der Waals surface area (Å²) in [6, 6.07) is 8.15. The monoisotopic (exact) mass is 461 g/mol. The first-order chi connectivity index (χ1) is 16.1. The number of H-pyrrole nitrogens is 1. The van der Waals surface area contributed by atoms with E-state index in [9.17, 15) is 9.90 Å². The Morgan fingerprint density at radius 1 is 1.18 bits per heavy atom. The lowest BCUT2D eigenvalue weighted by Crippen LogP contribution is -2.44. The molecule has 0 unspecified atom stereocenters. The predicted molar refractivity (Wildman–Crippen MR) is 129 cm³/mol. The molecule has 4 aromatic rings. The number of carbonyl (C=O) groups excluding carboxylic acids is 1. The Bertz CT molecular complexity index is 1380. The van der Waals surface area contributed by atoms with Gasteiger partial charge in [-0.3, -0.25) is 0 Å². The molecule has 0 bridgehead atoms. The van der Waals surface area contributed by atoms with Crippen LogP contribution in [0.25, 0.3) is 26.8 Å². The summed E-state index contributed by atoms with van der Waals surface area (Å²) in [5.74, 6) is 0.743. The molecule has 1 aromatic carbocycles. The molecule has 5 heterocycles. The Hall–Kier alpha value is -3.50. The Kier molecular flexibility index (Phi) is 4.96. The lowest BCUT2D eigenvalue weighted by atomic mass is 10.1. The summed E-state index contributed by atoms with van der Waals surface area (Å²) < 4.78 is 1.12. The van der Waals surface area contributed by atoms with Crippen molar-refractivity contribution in [2.24, 2.45) is 0 Å². The third-order valence-electron chi connectivity index (χ3n) is 6.28. The van der Waals surface area contributed by atoms with E-state index in [2.05, 4.69) is 43.5 Å². The van der Waals surface area contributed by atoms with Crippen molar-refractivity contribution in [1.29, 1.82) is 0 Å². The van der Waals surface area contributed by atoms with Gasteiger partial charge in [-0.15, -0.1) is 11.3 Å². The standard InChI is InChI=1S/C23H23N7O2S/c31-16-5-8-30(11-16)23(32)29-6-3-14(4-7-29)19-10-17-21(24-12-25-22(17)28-19)27-15-1-2-18-20(9-15)33-13-26-18/h1-3,9-10,12-13,16,31H,4-8,11H2,(H2,24,25,27,28)/t16-/m0/s1. The zero-order valence-corrected chi connectivity index (χ0v) is 18.7. The molecule has 6 rings (SSSR count). The Morgan fingerprint density at radius 2 is 2.12 bits per heavy atom. The van der Waals surface area contributed by atoms with Gasteiger partial charge in [0, 0.05) is 37.6 Å². The van der Waals surface area contributed by atoms with E-state index in [0.29, 0.717) is 32.6 Å². The third kappa shape index (κ3) is 3.81. The SMILES string of the molecule is O=C(N1CC=C(c2cc3c(Nc4ccc5ncsc5c4)ncnc3[nH]2)CC1)N1CC[C@H](O)C1. The second-order valence-electron chi connectivity index (χ2n) is 8.42. The second kappa shape index (κ2) is 8.13. The number of aromatic amines is 1. The molecule has 1 atom stereocenters. The van der Waals surface area contributed by atoms with Gasteiger partial charge in [-0.25, -0.2) is 19.7 Å². The molecule has 1 fully saturated rings. The molecule has 3 N–H and O–H groups in total. The van der Waals surface area contributed by atoms with E-state index in [1.807, 2.05) is 22.5 Å². The summed E-state index contributed by atoms with van der Waals surface area (Å²) in [6.45, 7) is 2.26. The van der Waals surface area contributed by atoms with Crippen LogP contribution in [0.15, 0.2) is 42.2 Å². The molecule has 9 nitrogen and oxygen atoms in total. The Balaban J connectivity index is 1.22. The van der Waals surface area contributed by atoms with Crippen molar-refractivity contribution in [1.82, 2.24) is 29.7 Å². The number of aliphatic hydroxyl groups excluding tert-OH is 1. The normalized spacial score (nSPS) is 18.8. The number of aliphatic hydroxyl groups is 1. The minimum atomic E-state index is -0.399. The van der Waals surface area contributed by atoms with Gasteiger partial charge in [-0.1, -0.05) is 6.08 Å². The highest BCUT2D eigenvalue weighted by molar-refractivity contribution is 7.16. The number of urea groups is 1. The smallest absolute Gasteiger partial charge is 0.320 e. The van der Waals surface area contributed by atoms with Gasteiger partial charge in [0.25, 0.3) is 0 Å². The number of carbonyl (C=O) groups is 1. The minimum Gasteiger partial charge on any atom is -0.391 e. The quantitative estimate of drug-likeness (QED) is 0.430. The molecule has 2 amide bonds. The van der Waals surface area contributed by atoms with Crippen LogP contribution in [0, 0.1) is 0 Å². The maximum absolute atomic E-state index is 12.7. The van der Waals surface area contributed by atoms with Crippen molar-refractivity contribution >= 4 is 55.7 Å². The van der Waals surface area contributed by atoms with Crippen LogP contribution in [0.2, 0.25) is 0 Å². The fraction of sp³-hybridized carbons (Fsp3) is 0.304. The van der Waals surface area contributed by atoms with Crippen molar-refractivity contribution < 1.29 is 9.90 Å². The number of benzene rings is 1. The number of hydrogen-bond donors (Lipinski definition) is 3. The highest BCUT2D eigenvalue weighted by Gasteiger charge is 2.29. The summed E-state index contributed by atoms with van der Waals surface area (Å²) in [7, 11) is 0. The van der Waals surface area contributed by atoms with Crippen LogP contribution >= 0.6 is 11.3 Å². The number of β-amino-alcohol motifs (C(OH)–C–C–N with tert-alkyl or cyclic N) is 1. The van der Waals surface area contributed by atoms with Crippen LogP contribution in [0.3, 0.4) is 0 Å². The molecule has 10 heteroatoms. The van der Waals surface area contributed by atoms with Crippen LogP contribution in [0.1, 0.15) is 18.5 Å². The third-order valence-corrected chi connectivity index (χ3v) is 7.07. The summed E-state index contributed by atoms with van der Waals surface area (Å²) in [5, 5.41) is 14.0. The van der Waals surface area contributed by atoms with E-state index in [1.54, 1.807) is 22.6 Å². The van der Waals surface area contributed by atoms with Crippen molar-refractivity contribution in [2.75, 3.05) is 31.5 Å². The van der Waals surface area contributed by atoms with Gasteiger partial charge in [0.05, 0.1) is 27.2 Å². The van der Waals surface area contributed by atoms with E-state index in [-0.39, 0.29) is 6.03 Å². The first-order valence-electron chi connectivity index (χ1n) is 11.0. The molecular weight excluding hydrogens is 438 g/mol. The Morgan fingerprint density at radius 3 is 2.94 bits per heavy atom. The number of rotatable bonds is 3. The molecule has 0 aliphatic carbocycles. The number of nitrogens with one attached hydrogen (secondary N) is 2. The summed E-state index contributed by atoms with van der Waals surface area (Å²) in [6.07, 6.45) is 4.66. The lowest BCUT2D eigenvalue weighted by Gasteiger charge is -2.30. The first-order valence-corrected chi connectivity index (χ1v) is 11.9. The molecular formula is C23H23N7O2S. The molecule has 33 heavy (non-hydrogen) atoms. The minimum absolute atomic E-state index is 0.00811. The number of thiazole rings is 1. The molecule has 2 aliphatic rings. The van der Waals surface area contributed by atoms with Gasteiger partial charge in [0.1, 0.15) is 17.8 Å². The number of aromatic nitrogens is 4. The average Bonchev–Trinajstić information content (AvgIpc) is 3.58. The second-order valence-corrected chi connectivity index (χ2v) is 9.31. The van der Waals surface area contributed by atoms with Crippen LogP contribution in [0.4, 0.5) is 16.3 Å². The predicted octanol–water partition coefficient (Wildman–Crippen LogP) is 3.59. The van der Waals surface area contributed by atoms with Crippen molar-refractivity contribution in [3.05, 3.63) is 47.9 Å². The average molecular weight is 462 g/mol. The summed E-state index contributed by atoms with van der Waals surface area (Å²) in [5.41, 5.74) is 6.71. The van der Waals surface area contributed by atoms with Crippen molar-refractivity contribution in [2.45, 2.75) is 18.9 Å². The van der Waals surface area contributed by atoms with E-state index in [1.165, 1.54) is 0 Å². The molecule has 0 saturated carbocycles. The van der Waals surface area contributed by atoms with Gasteiger partial charge in [0.15, 0.2) is 0 Å².